The van der Waals surface area contributed by atoms with E-state index in [2.05, 4.69) is 10.2 Å². The highest BCUT2D eigenvalue weighted by Crippen LogP contribution is 2.55. The molecule has 0 aliphatic heterocycles. The normalized spacial score (nSPS) is 20.1. The number of amides is 2. The summed E-state index contributed by atoms with van der Waals surface area (Å²) in [6.07, 6.45) is -2.26. The summed E-state index contributed by atoms with van der Waals surface area (Å²) in [4.78, 5) is 43.9. The number of nitrogens with zero attached hydrogens (tertiary/aromatic N) is 2. The van der Waals surface area contributed by atoms with Gasteiger partial charge in [-0.15, -0.1) is 0 Å². The molecule has 4 atom stereocenters. The predicted octanol–water partition coefficient (Wildman–Crippen LogP) is 1.47. The van der Waals surface area contributed by atoms with Gasteiger partial charge in [0.2, 0.25) is 12.2 Å². The lowest BCUT2D eigenvalue weighted by Gasteiger charge is -2.26. The minimum atomic E-state index is -1.19. The molecular weight excluding hydrogens is 490 g/mol. The first-order valence-corrected chi connectivity index (χ1v) is 12.1. The predicted molar refractivity (Wildman–Crippen MR) is 127 cm³/mol. The second-order valence-electron chi connectivity index (χ2n) is 8.51. The molecule has 1 aliphatic carbocycles. The smallest absolute Gasteiger partial charge is 0.410 e. The Morgan fingerprint density at radius 1 is 1.11 bits per heavy atom. The van der Waals surface area contributed by atoms with Gasteiger partial charge in [-0.2, -0.15) is 0 Å². The third-order valence-corrected chi connectivity index (χ3v) is 6.01. The molecule has 0 spiro atoms. The van der Waals surface area contributed by atoms with Crippen molar-refractivity contribution in [3.63, 3.8) is 0 Å². The number of ether oxygens (including phenoxy) is 4. The lowest BCUT2D eigenvalue weighted by molar-refractivity contribution is -0.507. The van der Waals surface area contributed by atoms with Crippen molar-refractivity contribution in [2.45, 2.75) is 45.0 Å². The maximum absolute atomic E-state index is 13.3. The molecule has 1 aromatic rings. The van der Waals surface area contributed by atoms with E-state index in [4.69, 9.17) is 29.4 Å². The molecular formula is C24H37N3O10. The van der Waals surface area contributed by atoms with Gasteiger partial charge in [-0.1, -0.05) is 30.3 Å². The Hall–Kier alpha value is -2.81. The van der Waals surface area contributed by atoms with Crippen molar-refractivity contribution < 1.29 is 48.6 Å². The summed E-state index contributed by atoms with van der Waals surface area (Å²) < 4.78 is 20.0. The molecule has 0 aromatic heterocycles. The number of benzene rings is 1. The van der Waals surface area contributed by atoms with Crippen LogP contribution in [0.25, 0.3) is 0 Å². The Balaban J connectivity index is 1.80. The van der Waals surface area contributed by atoms with Crippen LogP contribution >= 0.6 is 0 Å². The van der Waals surface area contributed by atoms with Crippen LogP contribution in [0.1, 0.15) is 32.8 Å². The topological polar surface area (TPSA) is 156 Å². The van der Waals surface area contributed by atoms with E-state index in [-0.39, 0.29) is 31.6 Å². The molecule has 1 saturated carbocycles. The van der Waals surface area contributed by atoms with E-state index < -0.39 is 41.9 Å². The SMILES string of the molecule is CCN(CC)C(=O)[C@]1(c2ccccc2)C[C@@H]1CNC(=O)OC(C)OC(=O)COCC(COC)ON(O)O. The monoisotopic (exact) mass is 527 g/mol. The van der Waals surface area contributed by atoms with Crippen molar-refractivity contribution >= 4 is 18.0 Å². The molecule has 0 heterocycles. The van der Waals surface area contributed by atoms with Crippen LogP contribution in [0, 0.1) is 5.92 Å². The fourth-order valence-electron chi connectivity index (χ4n) is 4.19. The highest BCUT2D eigenvalue weighted by atomic mass is 17.1. The number of esters is 1. The van der Waals surface area contributed by atoms with Gasteiger partial charge in [-0.25, -0.2) is 14.4 Å². The number of rotatable bonds is 16. The Labute approximate surface area is 216 Å². The van der Waals surface area contributed by atoms with Crippen LogP contribution in [0.4, 0.5) is 4.79 Å². The Bertz CT molecular complexity index is 868. The largest absolute Gasteiger partial charge is 0.424 e. The second-order valence-corrected chi connectivity index (χ2v) is 8.51. The van der Waals surface area contributed by atoms with E-state index in [0.717, 1.165) is 5.56 Å². The van der Waals surface area contributed by atoms with Crippen molar-refractivity contribution in [1.82, 2.24) is 15.6 Å². The first-order valence-electron chi connectivity index (χ1n) is 12.1. The van der Waals surface area contributed by atoms with Gasteiger partial charge in [0.1, 0.15) is 12.7 Å². The number of carbonyl (C=O) groups is 3. The minimum Gasteiger partial charge on any atom is -0.424 e. The summed E-state index contributed by atoms with van der Waals surface area (Å²) in [6, 6.07) is 9.53. The van der Waals surface area contributed by atoms with Crippen molar-refractivity contribution in [2.75, 3.05) is 46.6 Å². The highest BCUT2D eigenvalue weighted by molar-refractivity contribution is 5.92. The Morgan fingerprint density at radius 2 is 1.78 bits per heavy atom. The minimum absolute atomic E-state index is 0.0284. The number of nitrogens with one attached hydrogen (secondary N) is 1. The number of alkyl carbamates (subject to hydrolysis) is 1. The summed E-state index contributed by atoms with van der Waals surface area (Å²) in [6.45, 7) is 5.93. The van der Waals surface area contributed by atoms with Crippen molar-refractivity contribution in [1.29, 1.82) is 0 Å². The number of methoxy groups -OCH3 is 1. The summed E-state index contributed by atoms with van der Waals surface area (Å²) >= 11 is 0. The molecule has 37 heavy (non-hydrogen) atoms. The molecule has 1 aliphatic rings. The fourth-order valence-corrected chi connectivity index (χ4v) is 4.19. The van der Waals surface area contributed by atoms with E-state index in [0.29, 0.717) is 19.5 Å². The molecule has 208 valence electrons. The van der Waals surface area contributed by atoms with E-state index in [1.54, 1.807) is 4.90 Å². The van der Waals surface area contributed by atoms with Crippen LogP contribution in [-0.2, 0) is 38.8 Å². The maximum atomic E-state index is 13.3. The third kappa shape index (κ3) is 8.91. The number of likely N-dealkylation sites (N-methyl/N-ethyl adjacent to an activating group) is 1. The molecule has 0 saturated heterocycles. The average molecular weight is 528 g/mol. The van der Waals surface area contributed by atoms with Crippen LogP contribution in [0.5, 0.6) is 0 Å². The van der Waals surface area contributed by atoms with Crippen molar-refractivity contribution in [3.05, 3.63) is 35.9 Å². The number of hydrogen-bond acceptors (Lipinski definition) is 11. The quantitative estimate of drug-likeness (QED) is 0.162. The first kappa shape index (κ1) is 30.4. The summed E-state index contributed by atoms with van der Waals surface area (Å²) in [7, 11) is 1.38. The lowest BCUT2D eigenvalue weighted by atomic mass is 9.91. The second kappa shape index (κ2) is 14.8. The van der Waals surface area contributed by atoms with Gasteiger partial charge in [0.15, 0.2) is 0 Å². The molecule has 1 fully saturated rings. The average Bonchev–Trinajstić information content (AvgIpc) is 3.59. The summed E-state index contributed by atoms with van der Waals surface area (Å²) in [5.41, 5.74) is 0.224. The zero-order valence-electron chi connectivity index (χ0n) is 21.6. The van der Waals surface area contributed by atoms with Crippen LogP contribution in [0.15, 0.2) is 30.3 Å². The van der Waals surface area contributed by atoms with E-state index in [1.165, 1.54) is 14.0 Å². The van der Waals surface area contributed by atoms with Gasteiger partial charge in [0.05, 0.1) is 24.0 Å². The van der Waals surface area contributed by atoms with Crippen molar-refractivity contribution in [3.8, 4) is 0 Å². The van der Waals surface area contributed by atoms with Crippen LogP contribution in [0.2, 0.25) is 0 Å². The molecule has 2 amide bonds. The van der Waals surface area contributed by atoms with Crippen LogP contribution in [0.3, 0.4) is 0 Å². The standard InChI is InChI=1S/C24H37N3O10/c1-5-26(6-2)22(29)24(18-10-8-7-9-11-18)12-19(24)13-25-23(30)36-17(3)35-21(28)16-34-15-20(14-33-4)37-27(31)32/h7-11,17,19-20,31-32H,5-6,12-16H2,1-4H3,(H,25,30)/t17?,19-,20?,24+/m1/s1. The number of hydrogen-bond donors (Lipinski definition) is 3. The zero-order valence-corrected chi connectivity index (χ0v) is 21.6. The van der Waals surface area contributed by atoms with Gasteiger partial charge >= 0.3 is 12.1 Å². The van der Waals surface area contributed by atoms with Crippen molar-refractivity contribution in [2.24, 2.45) is 5.92 Å². The molecule has 0 bridgehead atoms. The maximum Gasteiger partial charge on any atom is 0.410 e. The number of carbonyl (C=O) groups excluding carboxylic acids is 3. The first-order chi connectivity index (χ1) is 17.7. The van der Waals surface area contributed by atoms with Gasteiger partial charge in [-0.05, 0) is 31.7 Å². The summed E-state index contributed by atoms with van der Waals surface area (Å²) in [5.74, 6) is -0.871. The molecule has 1 aromatic carbocycles. The molecule has 13 nitrogen and oxygen atoms in total. The molecule has 13 heteroatoms. The van der Waals surface area contributed by atoms with E-state index in [9.17, 15) is 14.4 Å². The van der Waals surface area contributed by atoms with E-state index >= 15 is 0 Å². The van der Waals surface area contributed by atoms with Gasteiger partial charge in [0, 0.05) is 33.7 Å². The Morgan fingerprint density at radius 3 is 2.38 bits per heavy atom. The molecule has 3 N–H and O–H groups in total. The molecule has 2 rings (SSSR count). The van der Waals surface area contributed by atoms with Crippen LogP contribution < -0.4 is 5.32 Å². The zero-order chi connectivity index (χ0) is 27.4. The van der Waals surface area contributed by atoms with Gasteiger partial charge in [0.25, 0.3) is 0 Å². The third-order valence-electron chi connectivity index (χ3n) is 6.01. The highest BCUT2D eigenvalue weighted by Gasteiger charge is 2.61. The van der Waals surface area contributed by atoms with Crippen LogP contribution in [-0.4, -0.2) is 97.6 Å². The van der Waals surface area contributed by atoms with Gasteiger partial charge in [-0.3, -0.25) is 15.2 Å². The van der Waals surface area contributed by atoms with E-state index in [1.807, 2.05) is 44.2 Å². The lowest BCUT2D eigenvalue weighted by Crippen LogP contribution is -2.41. The molecule has 2 unspecified atom stereocenters. The fraction of sp³-hybridized carbons (Fsp3) is 0.625. The summed E-state index contributed by atoms with van der Waals surface area (Å²) in [5, 5.41) is 19.6. The Kier molecular flexibility index (Phi) is 12.2. The van der Waals surface area contributed by atoms with Gasteiger partial charge < -0.3 is 29.2 Å². The molecule has 0 radical (unpaired) electrons.